The van der Waals surface area contributed by atoms with Crippen LogP contribution in [0.25, 0.3) is 0 Å². The predicted molar refractivity (Wildman–Crippen MR) is 98.5 cm³/mol. The van der Waals surface area contributed by atoms with Crippen LogP contribution in [-0.2, 0) is 19.6 Å². The smallest absolute Gasteiger partial charge is 0.326 e. The van der Waals surface area contributed by atoms with Crippen LogP contribution < -0.4 is 4.31 Å². The van der Waals surface area contributed by atoms with E-state index in [4.69, 9.17) is 16.3 Å². The zero-order valence-electron chi connectivity index (χ0n) is 14.3. The molecule has 134 valence electrons. The molecule has 0 amide bonds. The Kier molecular flexibility index (Phi) is 6.08. The Morgan fingerprint density at radius 3 is 2.36 bits per heavy atom. The van der Waals surface area contributed by atoms with Gasteiger partial charge in [0.2, 0.25) is 0 Å². The molecule has 0 radical (unpaired) electrons. The third-order valence-electron chi connectivity index (χ3n) is 3.82. The van der Waals surface area contributed by atoms with Crippen molar-refractivity contribution in [2.45, 2.75) is 25.7 Å². The second-order valence-corrected chi connectivity index (χ2v) is 7.79. The number of benzene rings is 2. The molecular formula is C18H20ClNO4S. The van der Waals surface area contributed by atoms with E-state index in [0.717, 1.165) is 15.4 Å². The van der Waals surface area contributed by atoms with Gasteiger partial charge in [0.15, 0.2) is 0 Å². The van der Waals surface area contributed by atoms with Crippen molar-refractivity contribution in [3.05, 3.63) is 58.6 Å². The highest BCUT2D eigenvalue weighted by atomic mass is 35.5. The number of ether oxygens (including phenoxy) is 1. The maximum absolute atomic E-state index is 13.1. The summed E-state index contributed by atoms with van der Waals surface area (Å²) in [7, 11) is -3.95. The molecule has 0 heterocycles. The molecule has 0 aromatic heterocycles. The van der Waals surface area contributed by atoms with E-state index in [1.54, 1.807) is 19.1 Å². The fraction of sp³-hybridized carbons (Fsp3) is 0.278. The highest BCUT2D eigenvalue weighted by Crippen LogP contribution is 2.29. The second-order valence-electron chi connectivity index (χ2n) is 5.49. The van der Waals surface area contributed by atoms with Gasteiger partial charge in [0, 0.05) is 5.02 Å². The van der Waals surface area contributed by atoms with Crippen LogP contribution in [0.2, 0.25) is 5.02 Å². The second kappa shape index (κ2) is 7.89. The summed E-state index contributed by atoms with van der Waals surface area (Å²) < 4.78 is 32.3. The summed E-state index contributed by atoms with van der Waals surface area (Å²) in [5.74, 6) is -0.610. The molecule has 0 fully saturated rings. The topological polar surface area (TPSA) is 63.7 Å². The van der Waals surface area contributed by atoms with Gasteiger partial charge in [-0.25, -0.2) is 8.42 Å². The van der Waals surface area contributed by atoms with Crippen LogP contribution in [0, 0.1) is 13.8 Å². The summed E-state index contributed by atoms with van der Waals surface area (Å²) in [4.78, 5) is 12.1. The standard InChI is InChI=1S/C18H20ClNO4S/c1-4-24-18(21)12-20(17-7-5-6-13(2)14(17)3)25(22,23)16-10-8-15(19)9-11-16/h5-11H,4,12H2,1-3H3. The van der Waals surface area contributed by atoms with Gasteiger partial charge in [-0.15, -0.1) is 0 Å². The van der Waals surface area contributed by atoms with E-state index in [9.17, 15) is 13.2 Å². The van der Waals surface area contributed by atoms with Gasteiger partial charge in [0.25, 0.3) is 10.0 Å². The van der Waals surface area contributed by atoms with Crippen LogP contribution >= 0.6 is 11.6 Å². The van der Waals surface area contributed by atoms with E-state index in [-0.39, 0.29) is 11.5 Å². The summed E-state index contributed by atoms with van der Waals surface area (Å²) in [6.07, 6.45) is 0. The summed E-state index contributed by atoms with van der Waals surface area (Å²) in [5.41, 5.74) is 2.16. The molecular weight excluding hydrogens is 362 g/mol. The van der Waals surface area contributed by atoms with Crippen molar-refractivity contribution >= 4 is 33.3 Å². The Morgan fingerprint density at radius 2 is 1.76 bits per heavy atom. The largest absolute Gasteiger partial charge is 0.465 e. The van der Waals surface area contributed by atoms with Crippen LogP contribution in [-0.4, -0.2) is 27.5 Å². The van der Waals surface area contributed by atoms with E-state index >= 15 is 0 Å². The zero-order valence-corrected chi connectivity index (χ0v) is 15.9. The van der Waals surface area contributed by atoms with Gasteiger partial charge >= 0.3 is 5.97 Å². The molecule has 0 aliphatic heterocycles. The number of aryl methyl sites for hydroxylation is 1. The van der Waals surface area contributed by atoms with Crippen LogP contribution in [0.3, 0.4) is 0 Å². The molecule has 0 atom stereocenters. The minimum absolute atomic E-state index is 0.0575. The number of halogens is 1. The molecule has 0 aliphatic rings. The van der Waals surface area contributed by atoms with E-state index in [1.165, 1.54) is 24.3 Å². The van der Waals surface area contributed by atoms with Crippen molar-refractivity contribution in [1.29, 1.82) is 0 Å². The van der Waals surface area contributed by atoms with Crippen molar-refractivity contribution in [1.82, 2.24) is 0 Å². The van der Waals surface area contributed by atoms with Crippen molar-refractivity contribution in [3.8, 4) is 0 Å². The van der Waals surface area contributed by atoms with Gasteiger partial charge in [-0.05, 0) is 62.2 Å². The number of hydrogen-bond donors (Lipinski definition) is 0. The Labute approximate surface area is 153 Å². The predicted octanol–water partition coefficient (Wildman–Crippen LogP) is 3.72. The first kappa shape index (κ1) is 19.3. The zero-order chi connectivity index (χ0) is 18.6. The maximum atomic E-state index is 13.1. The normalized spacial score (nSPS) is 11.2. The number of sulfonamides is 1. The lowest BCUT2D eigenvalue weighted by molar-refractivity contribution is -0.141. The van der Waals surface area contributed by atoms with Gasteiger partial charge in [0.05, 0.1) is 17.2 Å². The molecule has 0 aliphatic carbocycles. The first-order valence-corrected chi connectivity index (χ1v) is 9.59. The van der Waals surface area contributed by atoms with Crippen molar-refractivity contribution < 1.29 is 17.9 Å². The molecule has 2 rings (SSSR count). The van der Waals surface area contributed by atoms with Crippen LogP contribution in [0.15, 0.2) is 47.4 Å². The summed E-state index contributed by atoms with van der Waals surface area (Å²) in [5, 5.41) is 0.433. The van der Waals surface area contributed by atoms with Gasteiger partial charge < -0.3 is 4.74 Å². The molecule has 0 saturated carbocycles. The fourth-order valence-electron chi connectivity index (χ4n) is 2.36. The lowest BCUT2D eigenvalue weighted by Crippen LogP contribution is -2.37. The van der Waals surface area contributed by atoms with Gasteiger partial charge in [-0.2, -0.15) is 0 Å². The molecule has 2 aromatic rings. The molecule has 0 unspecified atom stereocenters. The lowest BCUT2D eigenvalue weighted by Gasteiger charge is -2.25. The fourth-order valence-corrected chi connectivity index (χ4v) is 3.96. The van der Waals surface area contributed by atoms with Crippen LogP contribution in [0.1, 0.15) is 18.1 Å². The number of nitrogens with zero attached hydrogens (tertiary/aromatic N) is 1. The van der Waals surface area contributed by atoms with Gasteiger partial charge in [-0.3, -0.25) is 9.10 Å². The quantitative estimate of drug-likeness (QED) is 0.715. The van der Waals surface area contributed by atoms with E-state index in [2.05, 4.69) is 0 Å². The number of carbonyl (C=O) groups is 1. The SMILES string of the molecule is CCOC(=O)CN(c1cccc(C)c1C)S(=O)(=O)c1ccc(Cl)cc1. The molecule has 2 aromatic carbocycles. The maximum Gasteiger partial charge on any atom is 0.326 e. The molecule has 0 bridgehead atoms. The average Bonchev–Trinajstić information content (AvgIpc) is 2.56. The third-order valence-corrected chi connectivity index (χ3v) is 5.85. The first-order valence-electron chi connectivity index (χ1n) is 7.77. The number of anilines is 1. The monoisotopic (exact) mass is 381 g/mol. The number of rotatable bonds is 6. The molecule has 0 saturated heterocycles. The summed E-state index contributed by atoms with van der Waals surface area (Å²) in [6.45, 7) is 5.16. The lowest BCUT2D eigenvalue weighted by atomic mass is 10.1. The average molecular weight is 382 g/mol. The molecule has 0 spiro atoms. The number of hydrogen-bond acceptors (Lipinski definition) is 4. The minimum Gasteiger partial charge on any atom is -0.465 e. The van der Waals surface area contributed by atoms with Crippen LogP contribution in [0.4, 0.5) is 5.69 Å². The van der Waals surface area contributed by atoms with E-state index in [0.29, 0.717) is 10.7 Å². The number of esters is 1. The highest BCUT2D eigenvalue weighted by molar-refractivity contribution is 7.92. The molecule has 5 nitrogen and oxygen atoms in total. The van der Waals surface area contributed by atoms with Gasteiger partial charge in [-0.1, -0.05) is 23.7 Å². The molecule has 7 heteroatoms. The minimum atomic E-state index is -3.95. The van der Waals surface area contributed by atoms with Crippen LogP contribution in [0.5, 0.6) is 0 Å². The molecule has 0 N–H and O–H groups in total. The Hall–Kier alpha value is -2.05. The first-order chi connectivity index (χ1) is 11.8. The van der Waals surface area contributed by atoms with Crippen molar-refractivity contribution in [3.63, 3.8) is 0 Å². The third kappa shape index (κ3) is 4.32. The molecule has 25 heavy (non-hydrogen) atoms. The van der Waals surface area contributed by atoms with Crippen molar-refractivity contribution in [2.75, 3.05) is 17.5 Å². The highest BCUT2D eigenvalue weighted by Gasteiger charge is 2.29. The Bertz CT molecular complexity index is 863. The summed E-state index contributed by atoms with van der Waals surface area (Å²) in [6, 6.07) is 11.2. The van der Waals surface area contributed by atoms with E-state index in [1.807, 2.05) is 19.9 Å². The van der Waals surface area contributed by atoms with Gasteiger partial charge in [0.1, 0.15) is 6.54 Å². The Morgan fingerprint density at radius 1 is 1.12 bits per heavy atom. The number of carbonyl (C=O) groups excluding carboxylic acids is 1. The van der Waals surface area contributed by atoms with Crippen molar-refractivity contribution in [2.24, 2.45) is 0 Å². The van der Waals surface area contributed by atoms with E-state index < -0.39 is 22.5 Å². The summed E-state index contributed by atoms with van der Waals surface area (Å²) >= 11 is 5.85. The Balaban J connectivity index is 2.56.